The third kappa shape index (κ3) is 4.35. The van der Waals surface area contributed by atoms with Crippen molar-refractivity contribution in [2.45, 2.75) is 50.9 Å². The molecule has 1 aliphatic heterocycles. The van der Waals surface area contributed by atoms with Gasteiger partial charge in [0.25, 0.3) is 0 Å². The van der Waals surface area contributed by atoms with Crippen LogP contribution in [0.5, 0.6) is 0 Å². The molecular weight excluding hydrogens is 395 g/mol. The molecule has 0 amide bonds. The Kier molecular flexibility index (Phi) is 6.64. The largest absolute Gasteiger partial charge is 0.647 e. The number of rotatable bonds is 6. The van der Waals surface area contributed by atoms with Crippen LogP contribution in [-0.2, 0) is 22.6 Å². The Labute approximate surface area is 179 Å². The molecule has 1 aliphatic carbocycles. The maximum absolute atomic E-state index is 14.6. The van der Waals surface area contributed by atoms with Gasteiger partial charge in [0.05, 0.1) is 44.2 Å². The molecule has 6 heteroatoms. The molecule has 158 valence electrons. The molecule has 0 radical (unpaired) electrons. The second kappa shape index (κ2) is 9.40. The van der Waals surface area contributed by atoms with Crippen LogP contribution < -0.4 is 4.89 Å². The Hall–Kier alpha value is -2.04. The Balaban J connectivity index is 1.73. The van der Waals surface area contributed by atoms with Crippen molar-refractivity contribution < 1.29 is 14.4 Å². The van der Waals surface area contributed by atoms with Crippen LogP contribution >= 0.6 is 7.79 Å². The van der Waals surface area contributed by atoms with E-state index in [1.807, 2.05) is 36.4 Å². The first-order chi connectivity index (χ1) is 14.6. The van der Waals surface area contributed by atoms with Crippen LogP contribution in [-0.4, -0.2) is 34.5 Å². The van der Waals surface area contributed by atoms with Gasteiger partial charge in [-0.3, -0.25) is 0 Å². The number of hydrogen-bond acceptors (Lipinski definition) is 5. The van der Waals surface area contributed by atoms with Gasteiger partial charge in [0.2, 0.25) is 0 Å². The molecule has 1 heterocycles. The van der Waals surface area contributed by atoms with E-state index in [0.717, 1.165) is 36.8 Å². The summed E-state index contributed by atoms with van der Waals surface area (Å²) in [5, 5.41) is 0. The van der Waals surface area contributed by atoms with Crippen LogP contribution in [0, 0.1) is 0 Å². The zero-order chi connectivity index (χ0) is 21.0. The van der Waals surface area contributed by atoms with Gasteiger partial charge in [-0.05, 0) is 24.0 Å². The van der Waals surface area contributed by atoms with Gasteiger partial charge in [-0.25, -0.2) is 4.79 Å². The molecule has 0 spiro atoms. The highest BCUT2D eigenvalue weighted by atomic mass is 31.2. The first-order valence-electron chi connectivity index (χ1n) is 10.6. The van der Waals surface area contributed by atoms with E-state index in [-0.39, 0.29) is 12.1 Å². The van der Waals surface area contributed by atoms with E-state index in [4.69, 9.17) is 4.74 Å². The van der Waals surface area contributed by atoms with Gasteiger partial charge in [0.15, 0.2) is 0 Å². The fourth-order valence-electron chi connectivity index (χ4n) is 4.73. The first-order valence-corrected chi connectivity index (χ1v) is 12.3. The van der Waals surface area contributed by atoms with Crippen LogP contribution in [0.4, 0.5) is 0 Å². The van der Waals surface area contributed by atoms with E-state index in [0.29, 0.717) is 13.1 Å². The van der Waals surface area contributed by atoms with Crippen molar-refractivity contribution >= 4 is 13.8 Å². The minimum Gasteiger partial charge on any atom is -0.647 e. The third-order valence-corrected chi connectivity index (χ3v) is 9.06. The minimum atomic E-state index is -3.11. The third-order valence-electron chi connectivity index (χ3n) is 6.18. The average Bonchev–Trinajstić information content (AvgIpc) is 3.02. The summed E-state index contributed by atoms with van der Waals surface area (Å²) in [4.78, 5) is 26.5. The monoisotopic (exact) mass is 424 g/mol. The Bertz CT molecular complexity index is 817. The van der Waals surface area contributed by atoms with Crippen molar-refractivity contribution in [2.24, 2.45) is 0 Å². The second-order valence-corrected chi connectivity index (χ2v) is 10.5. The molecule has 1 saturated heterocycles. The van der Waals surface area contributed by atoms with Crippen molar-refractivity contribution in [1.82, 2.24) is 9.34 Å². The average molecular weight is 424 g/mol. The molecule has 2 aromatic carbocycles. The molecule has 0 N–H and O–H groups in total. The van der Waals surface area contributed by atoms with E-state index in [2.05, 4.69) is 33.6 Å². The van der Waals surface area contributed by atoms with Gasteiger partial charge in [0.1, 0.15) is 7.79 Å². The number of benzene rings is 2. The van der Waals surface area contributed by atoms with Crippen molar-refractivity contribution in [3.8, 4) is 0 Å². The highest BCUT2D eigenvalue weighted by Gasteiger charge is 2.57. The lowest BCUT2D eigenvalue weighted by atomic mass is 9.90. The van der Waals surface area contributed by atoms with Gasteiger partial charge in [0, 0.05) is 0 Å². The summed E-state index contributed by atoms with van der Waals surface area (Å²) < 4.78 is 9.12. The first kappa shape index (κ1) is 21.2. The van der Waals surface area contributed by atoms with E-state index in [1.54, 1.807) is 5.82 Å². The summed E-state index contributed by atoms with van der Waals surface area (Å²) in [7, 11) is -1.76. The highest BCUT2D eigenvalue weighted by molar-refractivity contribution is 7.67. The van der Waals surface area contributed by atoms with E-state index in [1.165, 1.54) is 13.2 Å². The van der Waals surface area contributed by atoms with Crippen molar-refractivity contribution in [3.05, 3.63) is 83.7 Å². The molecular formula is C24H29N2O3P. The quantitative estimate of drug-likeness (QED) is 0.397. The fourth-order valence-corrected chi connectivity index (χ4v) is 7.81. The Morgan fingerprint density at radius 3 is 1.87 bits per heavy atom. The van der Waals surface area contributed by atoms with E-state index in [9.17, 15) is 9.69 Å². The van der Waals surface area contributed by atoms with Gasteiger partial charge >= 0.3 is 5.97 Å². The molecule has 0 unspecified atom stereocenters. The molecule has 4 rings (SSSR count). The van der Waals surface area contributed by atoms with Crippen molar-refractivity contribution in [1.29, 1.82) is 0 Å². The molecule has 0 bridgehead atoms. The molecule has 0 aromatic heterocycles. The summed E-state index contributed by atoms with van der Waals surface area (Å²) in [6, 6.07) is 20.8. The Morgan fingerprint density at radius 1 is 0.967 bits per heavy atom. The second-order valence-electron chi connectivity index (χ2n) is 8.01. The predicted octanol–water partition coefficient (Wildman–Crippen LogP) is 4.13. The number of carbonyl (C=O) groups is 1. The standard InChI is InChI=1S/C24H29N2O3P/c1-29-24(27)16-17-30(28)25(18-20-10-4-2-5-11-20)22-14-8-9-15-23(22)26(30)19-21-12-6-3-7-13-21/h2-7,10-13,16-17,22-23H,8-9,14-15,18-19H2,1H3/b17-16+/t22-,23-/m1/s1. The number of nitrogens with zero attached hydrogens (tertiary/aromatic N) is 2. The molecule has 5 nitrogen and oxygen atoms in total. The SMILES string of the molecule is COC(=O)/C=C/[P+]1([O-])N(Cc2ccccc2)[C@@H]2CCCC[C@H]2N1Cc1ccccc1. The van der Waals surface area contributed by atoms with Crippen molar-refractivity contribution in [2.75, 3.05) is 7.11 Å². The maximum atomic E-state index is 14.6. The molecule has 2 aromatic rings. The van der Waals surface area contributed by atoms with Gasteiger partial charge in [-0.1, -0.05) is 73.5 Å². The van der Waals surface area contributed by atoms with Crippen molar-refractivity contribution in [3.63, 3.8) is 0 Å². The van der Waals surface area contributed by atoms with E-state index >= 15 is 0 Å². The lowest BCUT2D eigenvalue weighted by Gasteiger charge is -2.38. The highest BCUT2D eigenvalue weighted by Crippen LogP contribution is 2.68. The topological polar surface area (TPSA) is 55.8 Å². The number of methoxy groups -OCH3 is 1. The predicted molar refractivity (Wildman–Crippen MR) is 118 cm³/mol. The summed E-state index contributed by atoms with van der Waals surface area (Å²) in [6.45, 7) is 1.21. The zero-order valence-electron chi connectivity index (χ0n) is 17.4. The Morgan fingerprint density at radius 2 is 1.43 bits per heavy atom. The summed E-state index contributed by atoms with van der Waals surface area (Å²) >= 11 is 0. The van der Waals surface area contributed by atoms with E-state index < -0.39 is 13.8 Å². The number of esters is 1. The van der Waals surface area contributed by atoms with Gasteiger partial charge in [-0.2, -0.15) is 9.34 Å². The zero-order valence-corrected chi connectivity index (χ0v) is 18.3. The summed E-state index contributed by atoms with van der Waals surface area (Å²) in [6.07, 6.45) is 5.69. The number of carbonyl (C=O) groups excluding carboxylic acids is 1. The van der Waals surface area contributed by atoms with Gasteiger partial charge < -0.3 is 9.63 Å². The van der Waals surface area contributed by atoms with Crippen LogP contribution in [0.2, 0.25) is 0 Å². The lowest BCUT2D eigenvalue weighted by molar-refractivity contribution is -0.188. The summed E-state index contributed by atoms with van der Waals surface area (Å²) in [5.74, 6) is 1.14. The fraction of sp³-hybridized carbons (Fsp3) is 0.375. The summed E-state index contributed by atoms with van der Waals surface area (Å²) in [5.41, 5.74) is 2.27. The number of hydrogen-bond donors (Lipinski definition) is 0. The van der Waals surface area contributed by atoms with Gasteiger partial charge in [-0.15, -0.1) is 0 Å². The number of ether oxygens (including phenoxy) is 1. The van der Waals surface area contributed by atoms with Crippen LogP contribution in [0.3, 0.4) is 0 Å². The van der Waals surface area contributed by atoms with Crippen LogP contribution in [0.15, 0.2) is 72.6 Å². The maximum Gasteiger partial charge on any atom is 0.333 e. The normalized spacial score (nSPS) is 24.1. The molecule has 30 heavy (non-hydrogen) atoms. The number of fused-ring (bicyclic) bond motifs is 1. The molecule has 2 atom stereocenters. The minimum absolute atomic E-state index is 0.218. The van der Waals surface area contributed by atoms with Crippen LogP contribution in [0.25, 0.3) is 0 Å². The molecule has 2 fully saturated rings. The smallest absolute Gasteiger partial charge is 0.333 e. The molecule has 1 saturated carbocycles. The van der Waals surface area contributed by atoms with Crippen LogP contribution in [0.1, 0.15) is 36.8 Å². The lowest BCUT2D eigenvalue weighted by Crippen LogP contribution is -2.39. The molecule has 2 aliphatic rings.